The molecular weight excluding hydrogens is 258 g/mol. The molecule has 1 fully saturated rings. The first-order chi connectivity index (χ1) is 8.10. The van der Waals surface area contributed by atoms with Crippen LogP contribution in [0.25, 0.3) is 0 Å². The van der Waals surface area contributed by atoms with E-state index in [1.165, 1.54) is 11.8 Å². The highest BCUT2D eigenvalue weighted by molar-refractivity contribution is 7.98. The van der Waals surface area contributed by atoms with Gasteiger partial charge in [0.15, 0.2) is 5.16 Å². The summed E-state index contributed by atoms with van der Waals surface area (Å²) in [7, 11) is 0. The van der Waals surface area contributed by atoms with E-state index in [2.05, 4.69) is 21.8 Å². The molecule has 0 saturated carbocycles. The van der Waals surface area contributed by atoms with Crippen molar-refractivity contribution in [2.45, 2.75) is 24.6 Å². The molecule has 0 spiro atoms. The van der Waals surface area contributed by atoms with E-state index in [1.807, 2.05) is 6.26 Å². The summed E-state index contributed by atoms with van der Waals surface area (Å²) < 4.78 is 0. The van der Waals surface area contributed by atoms with Crippen molar-refractivity contribution in [3.63, 3.8) is 0 Å². The highest BCUT2D eigenvalue weighted by Gasteiger charge is 2.25. The van der Waals surface area contributed by atoms with E-state index in [0.29, 0.717) is 22.8 Å². The summed E-state index contributed by atoms with van der Waals surface area (Å²) in [5, 5.41) is 11.0. The third-order valence-electron chi connectivity index (χ3n) is 3.09. The summed E-state index contributed by atoms with van der Waals surface area (Å²) >= 11 is 7.43. The van der Waals surface area contributed by atoms with Crippen LogP contribution in [0.2, 0.25) is 5.15 Å². The number of piperidine rings is 1. The maximum Gasteiger partial charge on any atom is 0.190 e. The van der Waals surface area contributed by atoms with Gasteiger partial charge in [-0.15, -0.1) is 0 Å². The molecular formula is C11H16ClN3OS. The quantitative estimate of drug-likeness (QED) is 0.508. The standard InChI is InChI=1S/C11H16ClN3OS/c1-7-3-4-15(6-8(7)16)10-5-9(12)13-11(14-10)17-2/h5,7-8,16H,3-4,6H2,1-2H3. The molecule has 0 radical (unpaired) electrons. The summed E-state index contributed by atoms with van der Waals surface area (Å²) in [5.41, 5.74) is 0. The molecule has 0 bridgehead atoms. The van der Waals surface area contributed by atoms with Crippen LogP contribution in [0, 0.1) is 5.92 Å². The largest absolute Gasteiger partial charge is 0.391 e. The molecule has 1 saturated heterocycles. The molecule has 1 aliphatic rings. The molecule has 1 aromatic rings. The Morgan fingerprint density at radius 1 is 1.53 bits per heavy atom. The van der Waals surface area contributed by atoms with Crippen LogP contribution in [-0.2, 0) is 0 Å². The molecule has 0 aliphatic carbocycles. The van der Waals surface area contributed by atoms with Gasteiger partial charge < -0.3 is 10.0 Å². The minimum Gasteiger partial charge on any atom is -0.391 e. The molecule has 2 rings (SSSR count). The molecule has 1 aliphatic heterocycles. The maximum atomic E-state index is 9.88. The van der Waals surface area contributed by atoms with Crippen molar-refractivity contribution in [2.24, 2.45) is 5.92 Å². The van der Waals surface area contributed by atoms with Crippen molar-refractivity contribution in [3.8, 4) is 0 Å². The number of hydrogen-bond donors (Lipinski definition) is 1. The van der Waals surface area contributed by atoms with Gasteiger partial charge in [-0.1, -0.05) is 30.3 Å². The van der Waals surface area contributed by atoms with Gasteiger partial charge in [0.1, 0.15) is 11.0 Å². The number of aliphatic hydroxyl groups excluding tert-OH is 1. The first-order valence-corrected chi connectivity index (χ1v) is 7.22. The number of rotatable bonds is 2. The molecule has 6 heteroatoms. The Balaban J connectivity index is 2.19. The molecule has 17 heavy (non-hydrogen) atoms. The molecule has 2 heterocycles. The van der Waals surface area contributed by atoms with Crippen molar-refractivity contribution < 1.29 is 5.11 Å². The van der Waals surface area contributed by atoms with Crippen LogP contribution in [0.15, 0.2) is 11.2 Å². The van der Waals surface area contributed by atoms with Gasteiger partial charge in [0.25, 0.3) is 0 Å². The van der Waals surface area contributed by atoms with E-state index in [0.717, 1.165) is 18.8 Å². The Labute approximate surface area is 110 Å². The van der Waals surface area contributed by atoms with Crippen LogP contribution in [-0.4, -0.2) is 40.5 Å². The van der Waals surface area contributed by atoms with Crippen LogP contribution in [0.1, 0.15) is 13.3 Å². The number of aliphatic hydroxyl groups is 1. The Morgan fingerprint density at radius 3 is 2.94 bits per heavy atom. The third kappa shape index (κ3) is 3.03. The van der Waals surface area contributed by atoms with Crippen LogP contribution in [0.3, 0.4) is 0 Å². The first kappa shape index (κ1) is 12.9. The highest BCUT2D eigenvalue weighted by atomic mass is 35.5. The van der Waals surface area contributed by atoms with Gasteiger partial charge >= 0.3 is 0 Å². The van der Waals surface area contributed by atoms with Gasteiger partial charge in [0.2, 0.25) is 0 Å². The average molecular weight is 274 g/mol. The second-order valence-electron chi connectivity index (χ2n) is 4.31. The van der Waals surface area contributed by atoms with Gasteiger partial charge in [-0.05, 0) is 18.6 Å². The second kappa shape index (κ2) is 5.42. The van der Waals surface area contributed by atoms with E-state index < -0.39 is 0 Å². The lowest BCUT2D eigenvalue weighted by Gasteiger charge is -2.35. The van der Waals surface area contributed by atoms with E-state index in [4.69, 9.17) is 11.6 Å². The molecule has 0 aromatic carbocycles. The second-order valence-corrected chi connectivity index (χ2v) is 5.48. The Hall–Kier alpha value is -0.520. The Bertz CT molecular complexity index is 404. The number of hydrogen-bond acceptors (Lipinski definition) is 5. The normalized spacial score (nSPS) is 25.1. The van der Waals surface area contributed by atoms with Gasteiger partial charge in [-0.3, -0.25) is 0 Å². The van der Waals surface area contributed by atoms with Crippen molar-refractivity contribution in [1.29, 1.82) is 0 Å². The lowest BCUT2D eigenvalue weighted by atomic mass is 9.96. The van der Waals surface area contributed by atoms with Gasteiger partial charge in [0.05, 0.1) is 6.10 Å². The van der Waals surface area contributed by atoms with Gasteiger partial charge in [-0.25, -0.2) is 9.97 Å². The van der Waals surface area contributed by atoms with Crippen LogP contribution in [0.4, 0.5) is 5.82 Å². The van der Waals surface area contributed by atoms with E-state index in [1.54, 1.807) is 6.07 Å². The SMILES string of the molecule is CSc1nc(Cl)cc(N2CCC(C)C(O)C2)n1. The monoisotopic (exact) mass is 273 g/mol. The third-order valence-corrected chi connectivity index (χ3v) is 3.83. The number of β-amino-alcohol motifs (C(OH)–C–C–N with tert-alkyl or cyclic N) is 1. The minimum absolute atomic E-state index is 0.296. The zero-order valence-corrected chi connectivity index (χ0v) is 11.5. The topological polar surface area (TPSA) is 49.2 Å². The predicted octanol–water partition coefficient (Wildman–Crippen LogP) is 2.06. The van der Waals surface area contributed by atoms with Gasteiger partial charge in [-0.2, -0.15) is 0 Å². The van der Waals surface area contributed by atoms with Gasteiger partial charge in [0, 0.05) is 19.2 Å². The lowest BCUT2D eigenvalue weighted by Crippen LogP contribution is -2.43. The lowest BCUT2D eigenvalue weighted by molar-refractivity contribution is 0.102. The summed E-state index contributed by atoms with van der Waals surface area (Å²) in [6.45, 7) is 3.59. The fraction of sp³-hybridized carbons (Fsp3) is 0.636. The van der Waals surface area contributed by atoms with E-state index >= 15 is 0 Å². The van der Waals surface area contributed by atoms with Crippen LogP contribution < -0.4 is 4.90 Å². The minimum atomic E-state index is -0.296. The summed E-state index contributed by atoms with van der Waals surface area (Å²) in [5.74, 6) is 1.16. The number of nitrogens with zero attached hydrogens (tertiary/aromatic N) is 3. The Morgan fingerprint density at radius 2 is 2.29 bits per heavy atom. The average Bonchev–Trinajstić information content (AvgIpc) is 2.32. The highest BCUT2D eigenvalue weighted by Crippen LogP contribution is 2.25. The number of aromatic nitrogens is 2. The molecule has 0 amide bonds. The van der Waals surface area contributed by atoms with E-state index in [-0.39, 0.29) is 6.10 Å². The van der Waals surface area contributed by atoms with Crippen molar-refractivity contribution in [1.82, 2.24) is 9.97 Å². The molecule has 4 nitrogen and oxygen atoms in total. The molecule has 2 atom stereocenters. The van der Waals surface area contributed by atoms with Crippen molar-refractivity contribution in [2.75, 3.05) is 24.2 Å². The number of thioether (sulfide) groups is 1. The van der Waals surface area contributed by atoms with Crippen molar-refractivity contribution >= 4 is 29.2 Å². The zero-order valence-electron chi connectivity index (χ0n) is 9.93. The molecule has 1 N–H and O–H groups in total. The van der Waals surface area contributed by atoms with Crippen LogP contribution in [0.5, 0.6) is 0 Å². The molecule has 94 valence electrons. The Kier molecular flexibility index (Phi) is 4.12. The maximum absolute atomic E-state index is 9.88. The van der Waals surface area contributed by atoms with Crippen LogP contribution >= 0.6 is 23.4 Å². The smallest absolute Gasteiger partial charge is 0.190 e. The van der Waals surface area contributed by atoms with Crippen molar-refractivity contribution in [3.05, 3.63) is 11.2 Å². The summed E-state index contributed by atoms with van der Waals surface area (Å²) in [4.78, 5) is 10.6. The van der Waals surface area contributed by atoms with E-state index in [9.17, 15) is 5.11 Å². The zero-order chi connectivity index (χ0) is 12.4. The summed E-state index contributed by atoms with van der Waals surface area (Å²) in [6.07, 6.45) is 2.59. The number of halogens is 1. The fourth-order valence-electron chi connectivity index (χ4n) is 1.90. The summed E-state index contributed by atoms with van der Waals surface area (Å²) in [6, 6.07) is 1.75. The molecule has 2 unspecified atom stereocenters. The molecule has 1 aromatic heterocycles. The first-order valence-electron chi connectivity index (χ1n) is 5.61. The number of anilines is 1. The predicted molar refractivity (Wildman–Crippen MR) is 70.8 cm³/mol. The fourth-order valence-corrected chi connectivity index (χ4v) is 2.50.